The van der Waals surface area contributed by atoms with Gasteiger partial charge in [0.15, 0.2) is 0 Å². The highest BCUT2D eigenvalue weighted by Crippen LogP contribution is 2.44. The van der Waals surface area contributed by atoms with Gasteiger partial charge in [-0.15, -0.1) is 0 Å². The van der Waals surface area contributed by atoms with Crippen molar-refractivity contribution in [2.24, 2.45) is 0 Å². The van der Waals surface area contributed by atoms with Crippen molar-refractivity contribution in [3.05, 3.63) is 69.0 Å². The van der Waals surface area contributed by atoms with Crippen LogP contribution in [0.3, 0.4) is 0 Å². The second-order valence-corrected chi connectivity index (χ2v) is 5.90. The third-order valence-electron chi connectivity index (χ3n) is 4.10. The molecule has 1 aliphatic rings. The number of hydrogen-bond acceptors (Lipinski definition) is 5. The molecule has 6 nitrogen and oxygen atoms in total. The van der Waals surface area contributed by atoms with E-state index in [1.54, 1.807) is 12.1 Å². The Kier molecular flexibility index (Phi) is 2.97. The number of nitrogens with one attached hydrogen (secondary N) is 1. The molecule has 0 spiro atoms. The number of anilines is 1. The minimum Gasteiger partial charge on any atom is -0.506 e. The average molecular weight is 344 g/mol. The molecule has 120 valence electrons. The molecule has 0 saturated carbocycles. The van der Waals surface area contributed by atoms with E-state index in [0.717, 1.165) is 0 Å². The molecule has 1 amide bonds. The third-order valence-corrected chi connectivity index (χ3v) is 4.33. The zero-order chi connectivity index (χ0) is 17.1. The molecule has 1 atom stereocenters. The molecule has 1 aromatic heterocycles. The Hall–Kier alpha value is -2.83. The molecule has 7 heteroatoms. The van der Waals surface area contributed by atoms with E-state index in [1.807, 2.05) is 0 Å². The van der Waals surface area contributed by atoms with Gasteiger partial charge in [-0.1, -0.05) is 23.7 Å². The molecule has 0 aliphatic carbocycles. The van der Waals surface area contributed by atoms with Crippen LogP contribution in [0.25, 0.3) is 11.0 Å². The van der Waals surface area contributed by atoms with Crippen molar-refractivity contribution in [2.75, 3.05) is 5.32 Å². The number of aromatic hydroxyl groups is 1. The standard InChI is InChI=1S/C17H10ClNO5/c18-8-5-6-11-10(7-8)17(23,16(22)19-11)13-14(20)9-3-1-2-4-12(9)24-15(13)21/h1-7,20,23H,(H,19,22). The number of aliphatic hydroxyl groups is 1. The van der Waals surface area contributed by atoms with Crippen LogP contribution in [0.15, 0.2) is 51.7 Å². The number of hydrogen-bond donors (Lipinski definition) is 3. The summed E-state index contributed by atoms with van der Waals surface area (Å²) in [5, 5.41) is 24.5. The molecule has 0 fully saturated rings. The van der Waals surface area contributed by atoms with Gasteiger partial charge in [0.1, 0.15) is 16.9 Å². The fraction of sp³-hybridized carbons (Fsp3) is 0.0588. The highest BCUT2D eigenvalue weighted by Gasteiger charge is 2.51. The Balaban J connectivity index is 2.10. The maximum atomic E-state index is 12.4. The maximum absolute atomic E-state index is 12.4. The lowest BCUT2D eigenvalue weighted by molar-refractivity contribution is -0.130. The normalized spacial score (nSPS) is 19.3. The highest BCUT2D eigenvalue weighted by atomic mass is 35.5. The Labute approximate surface area is 139 Å². The van der Waals surface area contributed by atoms with Gasteiger partial charge >= 0.3 is 5.63 Å². The number of carbonyl (C=O) groups is 1. The van der Waals surface area contributed by atoms with Gasteiger partial charge in [-0.2, -0.15) is 0 Å². The first-order valence-corrected chi connectivity index (χ1v) is 7.40. The summed E-state index contributed by atoms with van der Waals surface area (Å²) >= 11 is 5.95. The summed E-state index contributed by atoms with van der Waals surface area (Å²) in [4.78, 5) is 24.8. The first-order chi connectivity index (χ1) is 11.4. The minimum atomic E-state index is -2.39. The van der Waals surface area contributed by atoms with Crippen LogP contribution in [-0.2, 0) is 10.4 Å². The lowest BCUT2D eigenvalue weighted by atomic mass is 9.87. The van der Waals surface area contributed by atoms with E-state index < -0.39 is 28.4 Å². The zero-order valence-electron chi connectivity index (χ0n) is 12.0. The molecule has 3 aromatic rings. The molecule has 4 rings (SSSR count). The lowest BCUT2D eigenvalue weighted by Crippen LogP contribution is -2.39. The second kappa shape index (κ2) is 4.83. The monoisotopic (exact) mass is 343 g/mol. The number of benzene rings is 2. The summed E-state index contributed by atoms with van der Waals surface area (Å²) in [5.41, 5.74) is -3.40. The van der Waals surface area contributed by atoms with Gasteiger partial charge in [0, 0.05) is 16.3 Å². The quantitative estimate of drug-likeness (QED) is 0.589. The van der Waals surface area contributed by atoms with Crippen LogP contribution < -0.4 is 10.9 Å². The van der Waals surface area contributed by atoms with Gasteiger partial charge in [-0.3, -0.25) is 4.79 Å². The summed E-state index contributed by atoms with van der Waals surface area (Å²) < 4.78 is 5.16. The second-order valence-electron chi connectivity index (χ2n) is 5.46. The summed E-state index contributed by atoms with van der Waals surface area (Å²) in [6, 6.07) is 10.7. The number of rotatable bonds is 1. The van der Waals surface area contributed by atoms with Gasteiger partial charge in [-0.05, 0) is 30.3 Å². The van der Waals surface area contributed by atoms with Crippen LogP contribution in [0.2, 0.25) is 5.02 Å². The van der Waals surface area contributed by atoms with E-state index in [1.165, 1.54) is 30.3 Å². The number of halogens is 1. The Morgan fingerprint density at radius 1 is 1.12 bits per heavy atom. The molecular formula is C17H10ClNO5. The van der Waals surface area contributed by atoms with Crippen LogP contribution in [0.1, 0.15) is 11.1 Å². The number of carbonyl (C=O) groups excluding carboxylic acids is 1. The van der Waals surface area contributed by atoms with Crippen LogP contribution in [0, 0.1) is 0 Å². The summed E-state index contributed by atoms with van der Waals surface area (Å²) in [5.74, 6) is -1.37. The molecule has 2 heterocycles. The topological polar surface area (TPSA) is 99.8 Å². The zero-order valence-corrected chi connectivity index (χ0v) is 12.8. The molecule has 0 radical (unpaired) electrons. The van der Waals surface area contributed by atoms with E-state index in [4.69, 9.17) is 16.0 Å². The van der Waals surface area contributed by atoms with E-state index >= 15 is 0 Å². The average Bonchev–Trinajstić information content (AvgIpc) is 2.79. The largest absolute Gasteiger partial charge is 0.506 e. The molecule has 1 unspecified atom stereocenters. The summed E-state index contributed by atoms with van der Waals surface area (Å²) in [7, 11) is 0. The molecule has 0 bridgehead atoms. The van der Waals surface area contributed by atoms with Gasteiger partial charge < -0.3 is 19.9 Å². The molecule has 1 aliphatic heterocycles. The van der Waals surface area contributed by atoms with Gasteiger partial charge in [-0.25, -0.2) is 4.79 Å². The SMILES string of the molecule is O=C1Nc2ccc(Cl)cc2C1(O)c1c(O)c2ccccc2oc1=O. The lowest BCUT2D eigenvalue weighted by Gasteiger charge is -2.21. The minimum absolute atomic E-state index is 0.0814. The summed E-state index contributed by atoms with van der Waals surface area (Å²) in [6.45, 7) is 0. The summed E-state index contributed by atoms with van der Waals surface area (Å²) in [6.07, 6.45) is 0. The fourth-order valence-electron chi connectivity index (χ4n) is 2.96. The fourth-order valence-corrected chi connectivity index (χ4v) is 3.13. The van der Waals surface area contributed by atoms with E-state index in [2.05, 4.69) is 5.32 Å². The highest BCUT2D eigenvalue weighted by molar-refractivity contribution is 6.31. The van der Waals surface area contributed by atoms with E-state index in [9.17, 15) is 19.8 Å². The van der Waals surface area contributed by atoms with Crippen molar-refractivity contribution >= 4 is 34.2 Å². The van der Waals surface area contributed by atoms with E-state index in [-0.39, 0.29) is 21.6 Å². The van der Waals surface area contributed by atoms with Crippen molar-refractivity contribution in [2.45, 2.75) is 5.60 Å². The number of fused-ring (bicyclic) bond motifs is 2. The van der Waals surface area contributed by atoms with Crippen molar-refractivity contribution in [3.63, 3.8) is 0 Å². The Morgan fingerprint density at radius 3 is 2.67 bits per heavy atom. The first kappa shape index (κ1) is 14.7. The third kappa shape index (κ3) is 1.81. The molecule has 24 heavy (non-hydrogen) atoms. The van der Waals surface area contributed by atoms with Crippen LogP contribution >= 0.6 is 11.6 Å². The first-order valence-electron chi connectivity index (χ1n) is 7.02. The molecule has 2 aromatic carbocycles. The maximum Gasteiger partial charge on any atom is 0.347 e. The van der Waals surface area contributed by atoms with Crippen LogP contribution in [-0.4, -0.2) is 16.1 Å². The van der Waals surface area contributed by atoms with Gasteiger partial charge in [0.2, 0.25) is 5.60 Å². The number of para-hydroxylation sites is 1. The van der Waals surface area contributed by atoms with E-state index in [0.29, 0.717) is 5.69 Å². The predicted molar refractivity (Wildman–Crippen MR) is 87.2 cm³/mol. The van der Waals surface area contributed by atoms with Crippen molar-refractivity contribution < 1.29 is 19.4 Å². The Morgan fingerprint density at radius 2 is 1.88 bits per heavy atom. The van der Waals surface area contributed by atoms with Gasteiger partial charge in [0.05, 0.1) is 5.39 Å². The molecule has 0 saturated heterocycles. The Bertz CT molecular complexity index is 1070. The predicted octanol–water partition coefficient (Wildman–Crippen LogP) is 2.34. The van der Waals surface area contributed by atoms with Crippen molar-refractivity contribution in [3.8, 4) is 5.75 Å². The molecular weight excluding hydrogens is 334 g/mol. The van der Waals surface area contributed by atoms with Gasteiger partial charge in [0.25, 0.3) is 5.91 Å². The van der Waals surface area contributed by atoms with Crippen molar-refractivity contribution in [1.29, 1.82) is 0 Å². The van der Waals surface area contributed by atoms with Crippen LogP contribution in [0.5, 0.6) is 5.75 Å². The van der Waals surface area contributed by atoms with Crippen LogP contribution in [0.4, 0.5) is 5.69 Å². The molecule has 3 N–H and O–H groups in total. The van der Waals surface area contributed by atoms with Crippen molar-refractivity contribution in [1.82, 2.24) is 0 Å². The smallest absolute Gasteiger partial charge is 0.347 e. The number of amides is 1.